The average molecular weight is 554 g/mol. The predicted molar refractivity (Wildman–Crippen MR) is 116 cm³/mol. The van der Waals surface area contributed by atoms with Gasteiger partial charge in [0, 0.05) is 13.0 Å². The Labute approximate surface area is 220 Å². The Bertz CT molecular complexity index is 1240. The van der Waals surface area contributed by atoms with Gasteiger partial charge in [-0.15, -0.1) is 0 Å². The molecule has 4 aliphatic heterocycles. The first-order chi connectivity index (χ1) is 18.6. The number of carbonyl (C=O) groups is 5. The van der Waals surface area contributed by atoms with Crippen LogP contribution in [0.15, 0.2) is 11.3 Å². The largest absolute Gasteiger partial charge is 0.481 e. The van der Waals surface area contributed by atoms with Crippen molar-refractivity contribution in [1.29, 1.82) is 0 Å². The maximum atomic E-state index is 13.5. The SMILES string of the molecule is COCC12OC3C4OC([C@@H]5[C@@H]6OC(C(=O)OC)=C(C(=O)OC)C56C(=O)OC)OC3(C(=O)OC)C1(C(=O)OC)C42. The molecule has 39 heavy (non-hydrogen) atoms. The quantitative estimate of drug-likeness (QED) is 0.238. The van der Waals surface area contributed by atoms with E-state index in [1.807, 2.05) is 0 Å². The van der Waals surface area contributed by atoms with Crippen LogP contribution in [0.5, 0.6) is 0 Å². The number of carbonyl (C=O) groups excluding carboxylic acids is 5. The molecule has 0 aromatic heterocycles. The molecule has 6 fully saturated rings. The molecule has 0 aromatic rings. The highest BCUT2D eigenvalue weighted by molar-refractivity contribution is 6.08. The van der Waals surface area contributed by atoms with Crippen LogP contribution in [-0.2, 0) is 71.3 Å². The average Bonchev–Trinajstić information content (AvgIpc) is 3.55. The van der Waals surface area contributed by atoms with Crippen molar-refractivity contribution >= 4 is 29.8 Å². The summed E-state index contributed by atoms with van der Waals surface area (Å²) in [6.07, 6.45) is -4.53. The molecule has 6 bridgehead atoms. The van der Waals surface area contributed by atoms with Crippen LogP contribution in [0, 0.1) is 22.7 Å². The highest BCUT2D eigenvalue weighted by atomic mass is 16.8. The zero-order valence-corrected chi connectivity index (χ0v) is 21.8. The summed E-state index contributed by atoms with van der Waals surface area (Å²) < 4.78 is 54.6. The Morgan fingerprint density at radius 1 is 0.769 bits per heavy atom. The van der Waals surface area contributed by atoms with E-state index in [9.17, 15) is 24.0 Å². The van der Waals surface area contributed by atoms with Crippen LogP contribution in [0.4, 0.5) is 0 Å². The second kappa shape index (κ2) is 7.90. The number of fused-ring (bicyclic) bond motifs is 1. The molecule has 3 aliphatic carbocycles. The van der Waals surface area contributed by atoms with Crippen LogP contribution in [0.25, 0.3) is 0 Å². The first-order valence-corrected chi connectivity index (χ1v) is 12.0. The van der Waals surface area contributed by atoms with E-state index in [2.05, 4.69) is 0 Å². The minimum Gasteiger partial charge on any atom is -0.481 e. The van der Waals surface area contributed by atoms with Gasteiger partial charge in [0.2, 0.25) is 11.4 Å². The first kappa shape index (κ1) is 26.0. The molecule has 7 rings (SSSR count). The van der Waals surface area contributed by atoms with E-state index in [4.69, 9.17) is 47.4 Å². The third kappa shape index (κ3) is 2.39. The van der Waals surface area contributed by atoms with Gasteiger partial charge in [0.05, 0.1) is 54.2 Å². The minimum atomic E-state index is -2.03. The van der Waals surface area contributed by atoms with Gasteiger partial charge in [-0.3, -0.25) is 9.59 Å². The summed E-state index contributed by atoms with van der Waals surface area (Å²) in [4.78, 5) is 65.4. The van der Waals surface area contributed by atoms with E-state index in [0.717, 1.165) is 28.4 Å². The second-order valence-corrected chi connectivity index (χ2v) is 10.1. The standard InChI is InChI=1S/C24H26O15/c1-30-7-21-12-11-14(38-21)24(20(29)35-6,23(12,21)19(28)34-5)39-17(37-11)9-13-22(9,18(27)33-4)8(15(25)31-2)10(36-13)16(26)32-3/h9,11-14,17H,7H2,1-6H3/t9-,11?,12?,13-,14?,17?,21?,22?,23?,24?/m0/s1. The van der Waals surface area contributed by atoms with Crippen molar-refractivity contribution in [2.45, 2.75) is 35.8 Å². The number of esters is 5. The lowest BCUT2D eigenvalue weighted by molar-refractivity contribution is -0.300. The van der Waals surface area contributed by atoms with E-state index in [1.165, 1.54) is 14.2 Å². The summed E-state index contributed by atoms with van der Waals surface area (Å²) in [5, 5.41) is 0. The molecule has 8 unspecified atom stereocenters. The van der Waals surface area contributed by atoms with Crippen LogP contribution < -0.4 is 0 Å². The van der Waals surface area contributed by atoms with Gasteiger partial charge in [0.15, 0.2) is 17.1 Å². The topological polar surface area (TPSA) is 178 Å². The van der Waals surface area contributed by atoms with Crippen molar-refractivity contribution in [3.63, 3.8) is 0 Å². The lowest BCUT2D eigenvalue weighted by atomic mass is 9.81. The zero-order chi connectivity index (χ0) is 28.3. The molecule has 7 aliphatic rings. The molecule has 0 amide bonds. The first-order valence-electron chi connectivity index (χ1n) is 12.0. The molecule has 0 N–H and O–H groups in total. The Morgan fingerprint density at radius 3 is 1.97 bits per heavy atom. The molecule has 0 radical (unpaired) electrons. The summed E-state index contributed by atoms with van der Waals surface area (Å²) in [5.41, 5.74) is -7.28. The Hall–Kier alpha value is -3.27. The fraction of sp³-hybridized carbons (Fsp3) is 0.708. The maximum absolute atomic E-state index is 13.5. The molecular weight excluding hydrogens is 528 g/mol. The van der Waals surface area contributed by atoms with E-state index in [0.29, 0.717) is 0 Å². The number of rotatable bonds is 8. The summed E-state index contributed by atoms with van der Waals surface area (Å²) in [6, 6.07) is 0. The molecule has 4 heterocycles. The molecule has 15 heteroatoms. The number of ether oxygens (including phenoxy) is 10. The van der Waals surface area contributed by atoms with Gasteiger partial charge in [-0.25, -0.2) is 14.4 Å². The molecule has 212 valence electrons. The van der Waals surface area contributed by atoms with Gasteiger partial charge in [-0.2, -0.15) is 0 Å². The summed E-state index contributed by atoms with van der Waals surface area (Å²) in [7, 11) is 6.95. The lowest BCUT2D eigenvalue weighted by Gasteiger charge is -2.41. The van der Waals surface area contributed by atoms with Gasteiger partial charge in [0.25, 0.3) is 0 Å². The van der Waals surface area contributed by atoms with Crippen molar-refractivity contribution in [3.8, 4) is 0 Å². The molecule has 15 nitrogen and oxygen atoms in total. The van der Waals surface area contributed by atoms with Gasteiger partial charge in [0.1, 0.15) is 23.4 Å². The third-order valence-electron chi connectivity index (χ3n) is 9.11. The molecule has 3 saturated carbocycles. The fourth-order valence-corrected chi connectivity index (χ4v) is 7.86. The van der Waals surface area contributed by atoms with Crippen molar-refractivity contribution < 1.29 is 71.3 Å². The Morgan fingerprint density at radius 2 is 1.41 bits per heavy atom. The molecule has 3 saturated heterocycles. The van der Waals surface area contributed by atoms with Crippen LogP contribution in [0.1, 0.15) is 0 Å². The van der Waals surface area contributed by atoms with Crippen LogP contribution in [0.3, 0.4) is 0 Å². The Kier molecular flexibility index (Phi) is 5.26. The van der Waals surface area contributed by atoms with Crippen molar-refractivity contribution in [2.24, 2.45) is 22.7 Å². The van der Waals surface area contributed by atoms with E-state index < -0.39 is 99.6 Å². The highest BCUT2D eigenvalue weighted by Crippen LogP contribution is 2.86. The Balaban J connectivity index is 1.46. The summed E-state index contributed by atoms with van der Waals surface area (Å²) in [6.45, 7) is -0.0606. The van der Waals surface area contributed by atoms with Crippen molar-refractivity contribution in [1.82, 2.24) is 0 Å². The fourth-order valence-electron chi connectivity index (χ4n) is 7.86. The summed E-state index contributed by atoms with van der Waals surface area (Å²) in [5.74, 6) is -6.99. The summed E-state index contributed by atoms with van der Waals surface area (Å²) >= 11 is 0. The zero-order valence-electron chi connectivity index (χ0n) is 21.8. The van der Waals surface area contributed by atoms with Crippen molar-refractivity contribution in [2.75, 3.05) is 49.3 Å². The number of hydrogen-bond acceptors (Lipinski definition) is 15. The van der Waals surface area contributed by atoms with E-state index >= 15 is 0 Å². The molecule has 0 spiro atoms. The molecule has 10 atom stereocenters. The van der Waals surface area contributed by atoms with E-state index in [-0.39, 0.29) is 6.61 Å². The molecule has 0 aromatic carbocycles. The van der Waals surface area contributed by atoms with Gasteiger partial charge in [-0.05, 0) is 0 Å². The van der Waals surface area contributed by atoms with Crippen LogP contribution in [-0.4, -0.2) is 115 Å². The monoisotopic (exact) mass is 554 g/mol. The van der Waals surface area contributed by atoms with Gasteiger partial charge >= 0.3 is 29.8 Å². The number of hydrogen-bond donors (Lipinski definition) is 0. The number of methoxy groups -OCH3 is 6. The predicted octanol–water partition coefficient (Wildman–Crippen LogP) is -1.99. The second-order valence-electron chi connectivity index (χ2n) is 10.1. The normalized spacial score (nSPS) is 45.1. The smallest absolute Gasteiger partial charge is 0.373 e. The van der Waals surface area contributed by atoms with Crippen LogP contribution >= 0.6 is 0 Å². The van der Waals surface area contributed by atoms with Crippen LogP contribution in [0.2, 0.25) is 0 Å². The lowest BCUT2D eigenvalue weighted by Crippen LogP contribution is -2.63. The van der Waals surface area contributed by atoms with Crippen molar-refractivity contribution in [3.05, 3.63) is 11.3 Å². The minimum absolute atomic E-state index is 0.0606. The van der Waals surface area contributed by atoms with Gasteiger partial charge < -0.3 is 47.4 Å². The van der Waals surface area contributed by atoms with Gasteiger partial charge in [-0.1, -0.05) is 0 Å². The molecular formula is C24H26O15. The third-order valence-corrected chi connectivity index (χ3v) is 9.11. The van der Waals surface area contributed by atoms with E-state index in [1.54, 1.807) is 0 Å². The highest BCUT2D eigenvalue weighted by Gasteiger charge is 3.07. The maximum Gasteiger partial charge on any atom is 0.373 e.